The van der Waals surface area contributed by atoms with E-state index in [1.54, 1.807) is 20.3 Å². The first kappa shape index (κ1) is 21.7. The van der Waals surface area contributed by atoms with Gasteiger partial charge in [0.15, 0.2) is 11.5 Å². The van der Waals surface area contributed by atoms with Crippen molar-refractivity contribution in [1.82, 2.24) is 10.2 Å². The van der Waals surface area contributed by atoms with Crippen molar-refractivity contribution in [3.63, 3.8) is 0 Å². The first-order valence-electron chi connectivity index (χ1n) is 11.1. The van der Waals surface area contributed by atoms with Crippen molar-refractivity contribution in [3.8, 4) is 17.2 Å². The highest BCUT2D eigenvalue weighted by Gasteiger charge is 2.40. The number of benzene rings is 2. The first-order valence-corrected chi connectivity index (χ1v) is 11.1. The van der Waals surface area contributed by atoms with E-state index in [9.17, 15) is 5.11 Å². The van der Waals surface area contributed by atoms with Crippen molar-refractivity contribution in [2.75, 3.05) is 27.3 Å². The predicted molar refractivity (Wildman–Crippen MR) is 123 cm³/mol. The second-order valence-corrected chi connectivity index (χ2v) is 8.75. The number of para-hydroxylation sites is 1. The van der Waals surface area contributed by atoms with Gasteiger partial charge in [0.1, 0.15) is 11.4 Å². The standard InChI is InChI=1S/C25H33N3O3/c1-17(2)28-13-11-25(12-14-28)26-20(18-9-10-23(30-3)24(15-18)31-4)16-21(27-25)19-7-5-6-8-22(19)29/h5-10,15,17,20,26,29H,11-14,16H2,1-4H3/t20-/m0/s1. The van der Waals surface area contributed by atoms with Crippen LogP contribution in [0, 0.1) is 0 Å². The van der Waals surface area contributed by atoms with E-state index < -0.39 is 0 Å². The molecule has 1 atom stereocenters. The summed E-state index contributed by atoms with van der Waals surface area (Å²) in [6, 6.07) is 14.2. The third kappa shape index (κ3) is 4.41. The van der Waals surface area contributed by atoms with E-state index in [-0.39, 0.29) is 17.5 Å². The fraction of sp³-hybridized carbons (Fsp3) is 0.480. The van der Waals surface area contributed by atoms with Crippen LogP contribution in [0.3, 0.4) is 0 Å². The minimum absolute atomic E-state index is 0.0671. The van der Waals surface area contributed by atoms with Gasteiger partial charge in [0.05, 0.1) is 14.2 Å². The maximum absolute atomic E-state index is 10.5. The summed E-state index contributed by atoms with van der Waals surface area (Å²) < 4.78 is 11.0. The van der Waals surface area contributed by atoms with E-state index in [0.29, 0.717) is 12.5 Å². The first-order chi connectivity index (χ1) is 14.9. The fourth-order valence-corrected chi connectivity index (χ4v) is 4.73. The highest BCUT2D eigenvalue weighted by Crippen LogP contribution is 2.38. The van der Waals surface area contributed by atoms with Gasteiger partial charge < -0.3 is 19.5 Å². The zero-order valence-electron chi connectivity index (χ0n) is 18.9. The third-order valence-electron chi connectivity index (χ3n) is 6.57. The van der Waals surface area contributed by atoms with E-state index in [2.05, 4.69) is 30.1 Å². The molecule has 166 valence electrons. The van der Waals surface area contributed by atoms with Crippen LogP contribution in [0.15, 0.2) is 47.5 Å². The molecule has 0 amide bonds. The Hall–Kier alpha value is -2.57. The minimum atomic E-state index is -0.334. The molecule has 1 spiro atoms. The van der Waals surface area contributed by atoms with Crippen LogP contribution in [0.1, 0.15) is 50.3 Å². The SMILES string of the molecule is COc1ccc([C@@H]2CC(c3ccccc3O)=NC3(CCN(C(C)C)CC3)N2)cc1OC. The van der Waals surface area contributed by atoms with Crippen LogP contribution in [0.2, 0.25) is 0 Å². The van der Waals surface area contributed by atoms with Gasteiger partial charge in [-0.2, -0.15) is 0 Å². The topological polar surface area (TPSA) is 66.3 Å². The number of rotatable bonds is 5. The molecular formula is C25H33N3O3. The van der Waals surface area contributed by atoms with Gasteiger partial charge in [-0.25, -0.2) is 0 Å². The van der Waals surface area contributed by atoms with Crippen LogP contribution in [-0.2, 0) is 0 Å². The average molecular weight is 424 g/mol. The van der Waals surface area contributed by atoms with E-state index in [1.807, 2.05) is 30.3 Å². The number of ether oxygens (including phenoxy) is 2. The Morgan fingerprint density at radius 1 is 1.06 bits per heavy atom. The number of piperidine rings is 1. The van der Waals surface area contributed by atoms with E-state index in [1.165, 1.54) is 0 Å². The van der Waals surface area contributed by atoms with Crippen molar-refractivity contribution in [3.05, 3.63) is 53.6 Å². The Morgan fingerprint density at radius 2 is 1.77 bits per heavy atom. The molecule has 0 aliphatic carbocycles. The normalized spacial score (nSPS) is 21.2. The number of aliphatic imine (C=N–C) groups is 1. The van der Waals surface area contributed by atoms with Gasteiger partial charge in [-0.15, -0.1) is 0 Å². The molecule has 2 aliphatic heterocycles. The maximum Gasteiger partial charge on any atom is 0.161 e. The Labute approximate surface area is 184 Å². The lowest BCUT2D eigenvalue weighted by Gasteiger charge is -2.46. The minimum Gasteiger partial charge on any atom is -0.507 e. The van der Waals surface area contributed by atoms with E-state index in [4.69, 9.17) is 14.5 Å². The monoisotopic (exact) mass is 423 g/mol. The highest BCUT2D eigenvalue weighted by molar-refractivity contribution is 6.03. The number of methoxy groups -OCH3 is 2. The number of likely N-dealkylation sites (tertiary alicyclic amines) is 1. The number of aromatic hydroxyl groups is 1. The fourth-order valence-electron chi connectivity index (χ4n) is 4.73. The number of nitrogens with zero attached hydrogens (tertiary/aromatic N) is 2. The number of phenols is 1. The second-order valence-electron chi connectivity index (χ2n) is 8.75. The molecule has 6 nitrogen and oxygen atoms in total. The summed E-state index contributed by atoms with van der Waals surface area (Å²) in [5.41, 5.74) is 2.57. The summed E-state index contributed by atoms with van der Waals surface area (Å²) in [7, 11) is 3.31. The quantitative estimate of drug-likeness (QED) is 0.757. The summed E-state index contributed by atoms with van der Waals surface area (Å²) in [6.07, 6.45) is 2.57. The number of hydrogen-bond donors (Lipinski definition) is 2. The molecule has 1 saturated heterocycles. The zero-order chi connectivity index (χ0) is 22.0. The number of nitrogens with one attached hydrogen (secondary N) is 1. The summed E-state index contributed by atoms with van der Waals surface area (Å²) in [4.78, 5) is 7.71. The Kier molecular flexibility index (Phi) is 6.21. The second kappa shape index (κ2) is 8.89. The molecule has 31 heavy (non-hydrogen) atoms. The van der Waals surface area contributed by atoms with Crippen LogP contribution in [0.5, 0.6) is 17.2 Å². The average Bonchev–Trinajstić information content (AvgIpc) is 2.78. The van der Waals surface area contributed by atoms with E-state index in [0.717, 1.165) is 54.3 Å². The number of hydrogen-bond acceptors (Lipinski definition) is 6. The molecule has 2 heterocycles. The number of phenolic OH excluding ortho intramolecular Hbond substituents is 1. The lowest BCUT2D eigenvalue weighted by molar-refractivity contribution is 0.103. The molecule has 1 fully saturated rings. The molecule has 6 heteroatoms. The summed E-state index contributed by atoms with van der Waals surface area (Å²) in [5, 5.41) is 14.4. The van der Waals surface area contributed by atoms with Crippen molar-refractivity contribution < 1.29 is 14.6 Å². The van der Waals surface area contributed by atoms with Gasteiger partial charge in [0.25, 0.3) is 0 Å². The van der Waals surface area contributed by atoms with Gasteiger partial charge >= 0.3 is 0 Å². The lowest BCUT2D eigenvalue weighted by Crippen LogP contribution is -2.56. The van der Waals surface area contributed by atoms with Gasteiger partial charge in [0, 0.05) is 42.9 Å². The molecule has 4 rings (SSSR count). The van der Waals surface area contributed by atoms with Crippen LogP contribution in [0.4, 0.5) is 0 Å². The Balaban J connectivity index is 1.71. The molecule has 0 radical (unpaired) electrons. The smallest absolute Gasteiger partial charge is 0.161 e. The zero-order valence-corrected chi connectivity index (χ0v) is 18.9. The third-order valence-corrected chi connectivity index (χ3v) is 6.57. The van der Waals surface area contributed by atoms with Gasteiger partial charge in [-0.1, -0.05) is 18.2 Å². The molecule has 0 saturated carbocycles. The summed E-state index contributed by atoms with van der Waals surface area (Å²) in [5.74, 6) is 1.72. The van der Waals surface area contributed by atoms with Gasteiger partial charge in [-0.3, -0.25) is 10.3 Å². The highest BCUT2D eigenvalue weighted by atomic mass is 16.5. The van der Waals surface area contributed by atoms with Gasteiger partial charge in [-0.05, 0) is 56.5 Å². The maximum atomic E-state index is 10.5. The Morgan fingerprint density at radius 3 is 2.42 bits per heavy atom. The molecular weight excluding hydrogens is 390 g/mol. The largest absolute Gasteiger partial charge is 0.507 e. The van der Waals surface area contributed by atoms with Crippen molar-refractivity contribution in [2.45, 2.75) is 50.9 Å². The van der Waals surface area contributed by atoms with Crippen LogP contribution < -0.4 is 14.8 Å². The summed E-state index contributed by atoms with van der Waals surface area (Å²) >= 11 is 0. The lowest BCUT2D eigenvalue weighted by atomic mass is 9.87. The van der Waals surface area contributed by atoms with Crippen molar-refractivity contribution >= 4 is 5.71 Å². The molecule has 2 aliphatic rings. The van der Waals surface area contributed by atoms with Crippen molar-refractivity contribution in [2.24, 2.45) is 4.99 Å². The van der Waals surface area contributed by atoms with Crippen molar-refractivity contribution in [1.29, 1.82) is 0 Å². The molecule has 0 bridgehead atoms. The predicted octanol–water partition coefficient (Wildman–Crippen LogP) is 4.13. The molecule has 0 aromatic heterocycles. The van der Waals surface area contributed by atoms with E-state index >= 15 is 0 Å². The Bertz CT molecular complexity index is 949. The molecule has 0 unspecified atom stereocenters. The van der Waals surface area contributed by atoms with Crippen LogP contribution >= 0.6 is 0 Å². The molecule has 2 N–H and O–H groups in total. The molecule has 2 aromatic rings. The summed E-state index contributed by atoms with van der Waals surface area (Å²) in [6.45, 7) is 6.49. The van der Waals surface area contributed by atoms with Gasteiger partial charge in [0.2, 0.25) is 0 Å². The molecule has 2 aromatic carbocycles. The van der Waals surface area contributed by atoms with Crippen LogP contribution in [0.25, 0.3) is 0 Å². The van der Waals surface area contributed by atoms with Crippen LogP contribution in [-0.4, -0.2) is 54.7 Å².